The van der Waals surface area contributed by atoms with Crippen LogP contribution in [0, 0.1) is 6.92 Å². The van der Waals surface area contributed by atoms with Crippen molar-refractivity contribution in [1.82, 2.24) is 4.90 Å². The molecule has 0 saturated carbocycles. The summed E-state index contributed by atoms with van der Waals surface area (Å²) in [6.45, 7) is 3.11. The summed E-state index contributed by atoms with van der Waals surface area (Å²) in [5.74, 6) is -0.0766. The fourth-order valence-corrected chi connectivity index (χ4v) is 4.87. The van der Waals surface area contributed by atoms with Crippen molar-refractivity contribution in [3.05, 3.63) is 75.1 Å². The van der Waals surface area contributed by atoms with Crippen molar-refractivity contribution in [2.75, 3.05) is 19.4 Å². The number of amides is 1. The third-order valence-electron chi connectivity index (χ3n) is 5.98. The van der Waals surface area contributed by atoms with E-state index in [2.05, 4.69) is 0 Å². The lowest BCUT2D eigenvalue weighted by Crippen LogP contribution is -2.36. The van der Waals surface area contributed by atoms with Gasteiger partial charge in [-0.15, -0.1) is 11.8 Å². The van der Waals surface area contributed by atoms with Gasteiger partial charge >= 0.3 is 0 Å². The molecule has 0 spiro atoms. The zero-order chi connectivity index (χ0) is 20.8. The lowest BCUT2D eigenvalue weighted by Gasteiger charge is -2.27. The first-order chi connectivity index (χ1) is 14.6. The number of hydrogen-bond donors (Lipinski definition) is 0. The predicted octanol–water partition coefficient (Wildman–Crippen LogP) is 4.55. The second-order valence-corrected chi connectivity index (χ2v) is 8.82. The second-order valence-electron chi connectivity index (χ2n) is 7.94. The molecule has 1 amide bonds. The molecule has 1 fully saturated rings. The number of rotatable bonds is 4. The van der Waals surface area contributed by atoms with Crippen molar-refractivity contribution >= 4 is 28.6 Å². The van der Waals surface area contributed by atoms with E-state index in [1.807, 2.05) is 49.6 Å². The second kappa shape index (κ2) is 7.60. The van der Waals surface area contributed by atoms with Gasteiger partial charge in [-0.25, -0.2) is 0 Å². The van der Waals surface area contributed by atoms with Crippen molar-refractivity contribution in [1.29, 1.82) is 0 Å². The summed E-state index contributed by atoms with van der Waals surface area (Å²) in [4.78, 5) is 29.8. The molecule has 5 nitrogen and oxygen atoms in total. The van der Waals surface area contributed by atoms with E-state index in [1.54, 1.807) is 22.7 Å². The van der Waals surface area contributed by atoms with Crippen LogP contribution in [0.15, 0.2) is 56.6 Å². The molecular weight excluding hydrogens is 398 g/mol. The molecule has 3 aromatic rings. The fraction of sp³-hybridized carbons (Fsp3) is 0.333. The normalized spacial score (nSPS) is 20.9. The van der Waals surface area contributed by atoms with E-state index < -0.39 is 6.04 Å². The Morgan fingerprint density at radius 1 is 1.13 bits per heavy atom. The highest BCUT2D eigenvalue weighted by molar-refractivity contribution is 7.98. The van der Waals surface area contributed by atoms with Crippen LogP contribution in [0.3, 0.4) is 0 Å². The number of hydrogen-bond acceptors (Lipinski definition) is 5. The third kappa shape index (κ3) is 3.15. The standard InChI is InChI=1S/C24H23NO4S/c1-14-5-10-19-18(12-14)22(26)20-21(15-6-8-17(30-2)9-7-15)25(24(27)23(20)29-19)13-16-4-3-11-28-16/h5-10,12,16,21H,3-4,11,13H2,1-2H3/t16-,21+/m1/s1. The van der Waals surface area contributed by atoms with Crippen LogP contribution in [0.2, 0.25) is 0 Å². The van der Waals surface area contributed by atoms with Gasteiger partial charge < -0.3 is 14.1 Å². The molecule has 0 aliphatic carbocycles. The maximum atomic E-state index is 13.5. The zero-order valence-corrected chi connectivity index (χ0v) is 17.8. The number of benzene rings is 2. The van der Waals surface area contributed by atoms with Gasteiger partial charge in [-0.05, 0) is 55.9 Å². The topological polar surface area (TPSA) is 59.8 Å². The molecule has 1 saturated heterocycles. The highest BCUT2D eigenvalue weighted by atomic mass is 32.2. The van der Waals surface area contributed by atoms with Gasteiger partial charge in [0.2, 0.25) is 5.76 Å². The summed E-state index contributed by atoms with van der Waals surface area (Å²) in [6.07, 6.45) is 3.92. The van der Waals surface area contributed by atoms with Crippen molar-refractivity contribution in [3.63, 3.8) is 0 Å². The van der Waals surface area contributed by atoms with Crippen LogP contribution in [-0.2, 0) is 4.74 Å². The molecule has 0 unspecified atom stereocenters. The van der Waals surface area contributed by atoms with Gasteiger partial charge in [-0.2, -0.15) is 0 Å². The lowest BCUT2D eigenvalue weighted by molar-refractivity contribution is 0.0486. The molecule has 2 atom stereocenters. The molecule has 30 heavy (non-hydrogen) atoms. The highest BCUT2D eigenvalue weighted by Crippen LogP contribution is 2.39. The van der Waals surface area contributed by atoms with Gasteiger partial charge in [0.15, 0.2) is 5.43 Å². The largest absolute Gasteiger partial charge is 0.450 e. The van der Waals surface area contributed by atoms with E-state index in [0.717, 1.165) is 28.9 Å². The van der Waals surface area contributed by atoms with Gasteiger partial charge in [0.25, 0.3) is 5.91 Å². The van der Waals surface area contributed by atoms with Crippen LogP contribution in [-0.4, -0.2) is 36.3 Å². The maximum absolute atomic E-state index is 13.5. The molecule has 2 aromatic carbocycles. The van der Waals surface area contributed by atoms with Gasteiger partial charge in [0.05, 0.1) is 23.1 Å². The summed E-state index contributed by atoms with van der Waals surface area (Å²) in [5.41, 5.74) is 2.66. The van der Waals surface area contributed by atoms with Crippen LogP contribution >= 0.6 is 11.8 Å². The molecule has 3 heterocycles. The van der Waals surface area contributed by atoms with E-state index in [0.29, 0.717) is 29.7 Å². The van der Waals surface area contributed by atoms with Gasteiger partial charge in [-0.3, -0.25) is 9.59 Å². The van der Waals surface area contributed by atoms with E-state index in [-0.39, 0.29) is 23.2 Å². The van der Waals surface area contributed by atoms with E-state index >= 15 is 0 Å². The molecule has 0 N–H and O–H groups in total. The Labute approximate surface area is 179 Å². The van der Waals surface area contributed by atoms with Crippen LogP contribution in [0.1, 0.15) is 46.1 Å². The molecule has 2 aliphatic rings. The Kier molecular flexibility index (Phi) is 4.91. The van der Waals surface area contributed by atoms with Crippen LogP contribution < -0.4 is 5.43 Å². The molecule has 0 radical (unpaired) electrons. The van der Waals surface area contributed by atoms with Crippen molar-refractivity contribution in [3.8, 4) is 0 Å². The number of ether oxygens (including phenoxy) is 1. The maximum Gasteiger partial charge on any atom is 0.291 e. The molecule has 5 rings (SSSR count). The van der Waals surface area contributed by atoms with Crippen LogP contribution in [0.4, 0.5) is 0 Å². The van der Waals surface area contributed by atoms with Gasteiger partial charge in [0.1, 0.15) is 5.58 Å². The Bertz CT molecular complexity index is 1180. The lowest BCUT2D eigenvalue weighted by atomic mass is 9.98. The highest BCUT2D eigenvalue weighted by Gasteiger charge is 2.43. The smallest absolute Gasteiger partial charge is 0.291 e. The van der Waals surface area contributed by atoms with E-state index in [4.69, 9.17) is 9.15 Å². The number of aryl methyl sites for hydroxylation is 1. The van der Waals surface area contributed by atoms with Gasteiger partial charge in [0, 0.05) is 18.0 Å². The quantitative estimate of drug-likeness (QED) is 0.579. The Morgan fingerprint density at radius 3 is 2.63 bits per heavy atom. The van der Waals surface area contributed by atoms with E-state index in [9.17, 15) is 9.59 Å². The number of carbonyl (C=O) groups excluding carboxylic acids is 1. The minimum atomic E-state index is -0.464. The monoisotopic (exact) mass is 421 g/mol. The molecule has 6 heteroatoms. The molecule has 2 aliphatic heterocycles. The zero-order valence-electron chi connectivity index (χ0n) is 17.0. The summed E-state index contributed by atoms with van der Waals surface area (Å²) < 4.78 is 11.8. The van der Waals surface area contributed by atoms with E-state index in [1.165, 1.54) is 0 Å². The minimum Gasteiger partial charge on any atom is -0.450 e. The number of thioether (sulfide) groups is 1. The molecule has 0 bridgehead atoms. The third-order valence-corrected chi connectivity index (χ3v) is 6.72. The first kappa shape index (κ1) is 19.4. The number of fused-ring (bicyclic) bond motifs is 2. The van der Waals surface area contributed by atoms with Crippen molar-refractivity contribution in [2.24, 2.45) is 0 Å². The molecule has 154 valence electrons. The van der Waals surface area contributed by atoms with Crippen LogP contribution in [0.25, 0.3) is 11.0 Å². The van der Waals surface area contributed by atoms with Crippen molar-refractivity contribution < 1.29 is 13.9 Å². The minimum absolute atomic E-state index is 0.0111. The first-order valence-electron chi connectivity index (χ1n) is 10.2. The number of carbonyl (C=O) groups is 1. The first-order valence-corrected chi connectivity index (χ1v) is 11.4. The van der Waals surface area contributed by atoms with Crippen LogP contribution in [0.5, 0.6) is 0 Å². The Hall–Kier alpha value is -2.57. The number of nitrogens with zero attached hydrogens (tertiary/aromatic N) is 1. The average molecular weight is 422 g/mol. The fourth-order valence-electron chi connectivity index (χ4n) is 4.46. The average Bonchev–Trinajstić information content (AvgIpc) is 3.37. The Morgan fingerprint density at radius 2 is 1.93 bits per heavy atom. The van der Waals surface area contributed by atoms with Gasteiger partial charge in [-0.1, -0.05) is 23.8 Å². The molecular formula is C24H23NO4S. The van der Waals surface area contributed by atoms with Crippen molar-refractivity contribution in [2.45, 2.75) is 36.8 Å². The predicted molar refractivity (Wildman–Crippen MR) is 117 cm³/mol. The SMILES string of the molecule is CSc1ccc([C@H]2c3c(oc4ccc(C)cc4c3=O)C(=O)N2C[C@H]2CCCO2)cc1. The summed E-state index contributed by atoms with van der Waals surface area (Å²) in [7, 11) is 0. The summed E-state index contributed by atoms with van der Waals surface area (Å²) in [6, 6.07) is 13.1. The summed E-state index contributed by atoms with van der Waals surface area (Å²) in [5, 5.41) is 0.520. The Balaban J connectivity index is 1.69. The molecule has 1 aromatic heterocycles. The summed E-state index contributed by atoms with van der Waals surface area (Å²) >= 11 is 1.66.